The highest BCUT2D eigenvalue weighted by Gasteiger charge is 2.19. The second kappa shape index (κ2) is 7.37. The second-order valence-electron chi connectivity index (χ2n) is 6.89. The normalized spacial score (nSPS) is 17.6. The third kappa shape index (κ3) is 4.79. The van der Waals surface area contributed by atoms with Gasteiger partial charge in [0.1, 0.15) is 5.82 Å². The van der Waals surface area contributed by atoms with E-state index >= 15 is 0 Å². The van der Waals surface area contributed by atoms with Crippen LogP contribution in [0, 0.1) is 25.6 Å². The molecule has 3 heteroatoms. The summed E-state index contributed by atoms with van der Waals surface area (Å²) in [6.07, 6.45) is 2.43. The van der Waals surface area contributed by atoms with Crippen LogP contribution in [0.15, 0.2) is 12.1 Å². The zero-order valence-corrected chi connectivity index (χ0v) is 13.9. The largest absolute Gasteiger partial charge is 0.310 e. The van der Waals surface area contributed by atoms with E-state index < -0.39 is 0 Å². The van der Waals surface area contributed by atoms with E-state index in [2.05, 4.69) is 24.1 Å². The van der Waals surface area contributed by atoms with Crippen molar-refractivity contribution < 1.29 is 4.39 Å². The van der Waals surface area contributed by atoms with Gasteiger partial charge in [-0.3, -0.25) is 0 Å². The molecule has 21 heavy (non-hydrogen) atoms. The van der Waals surface area contributed by atoms with Crippen molar-refractivity contribution in [3.63, 3.8) is 0 Å². The molecule has 1 saturated heterocycles. The molecule has 1 aromatic carbocycles. The van der Waals surface area contributed by atoms with E-state index in [0.717, 1.165) is 23.6 Å². The second-order valence-corrected chi connectivity index (χ2v) is 6.89. The molecule has 1 aromatic rings. The van der Waals surface area contributed by atoms with Crippen LogP contribution in [0.5, 0.6) is 0 Å². The number of hydrogen-bond acceptors (Lipinski definition) is 2. The van der Waals surface area contributed by atoms with Crippen LogP contribution in [-0.4, -0.2) is 30.6 Å². The zero-order valence-electron chi connectivity index (χ0n) is 13.9. The Labute approximate surface area is 128 Å². The molecule has 0 bridgehead atoms. The predicted molar refractivity (Wildman–Crippen MR) is 87.0 cm³/mol. The Kier molecular flexibility index (Phi) is 5.77. The monoisotopic (exact) mass is 292 g/mol. The fourth-order valence-electron chi connectivity index (χ4n) is 3.24. The third-order valence-corrected chi connectivity index (χ3v) is 4.30. The number of hydrogen-bond donors (Lipinski definition) is 1. The quantitative estimate of drug-likeness (QED) is 0.891. The van der Waals surface area contributed by atoms with Gasteiger partial charge >= 0.3 is 0 Å². The Hall–Kier alpha value is -0.930. The average Bonchev–Trinajstić information content (AvgIpc) is 2.43. The SMILES string of the molecule is Cc1cc(CNC2CCN(CC(C)C)CC2)cc(C)c1F. The number of nitrogens with zero attached hydrogens (tertiary/aromatic N) is 1. The lowest BCUT2D eigenvalue weighted by atomic mass is 10.0. The van der Waals surface area contributed by atoms with E-state index in [9.17, 15) is 4.39 Å². The first-order valence-electron chi connectivity index (χ1n) is 8.17. The summed E-state index contributed by atoms with van der Waals surface area (Å²) in [6.45, 7) is 12.7. The summed E-state index contributed by atoms with van der Waals surface area (Å²) < 4.78 is 13.6. The van der Waals surface area contributed by atoms with Crippen molar-refractivity contribution in [2.24, 2.45) is 5.92 Å². The number of rotatable bonds is 5. The summed E-state index contributed by atoms with van der Waals surface area (Å²) in [5, 5.41) is 3.64. The molecule has 1 fully saturated rings. The summed E-state index contributed by atoms with van der Waals surface area (Å²) in [6, 6.07) is 4.52. The first kappa shape index (κ1) is 16.4. The van der Waals surface area contributed by atoms with Crippen molar-refractivity contribution >= 4 is 0 Å². The van der Waals surface area contributed by atoms with E-state index in [-0.39, 0.29) is 5.82 Å². The summed E-state index contributed by atoms with van der Waals surface area (Å²) in [5.41, 5.74) is 2.69. The molecule has 0 unspecified atom stereocenters. The van der Waals surface area contributed by atoms with E-state index in [1.165, 1.54) is 38.0 Å². The molecule has 0 atom stereocenters. The van der Waals surface area contributed by atoms with Crippen molar-refractivity contribution in [1.82, 2.24) is 10.2 Å². The van der Waals surface area contributed by atoms with E-state index in [1.54, 1.807) is 0 Å². The minimum atomic E-state index is -0.0688. The molecule has 2 rings (SSSR count). The maximum absolute atomic E-state index is 13.6. The van der Waals surface area contributed by atoms with E-state index in [1.807, 2.05) is 26.0 Å². The average molecular weight is 292 g/mol. The topological polar surface area (TPSA) is 15.3 Å². The summed E-state index contributed by atoms with van der Waals surface area (Å²) >= 11 is 0. The highest BCUT2D eigenvalue weighted by atomic mass is 19.1. The molecule has 0 aromatic heterocycles. The first-order chi connectivity index (χ1) is 9.95. The maximum atomic E-state index is 13.6. The number of benzene rings is 1. The highest BCUT2D eigenvalue weighted by Crippen LogP contribution is 2.16. The van der Waals surface area contributed by atoms with Gasteiger partial charge in [0.2, 0.25) is 0 Å². The van der Waals surface area contributed by atoms with Crippen LogP contribution in [0.1, 0.15) is 43.4 Å². The molecule has 0 aliphatic carbocycles. The standard InChI is InChI=1S/C18H29FN2/c1-13(2)12-21-7-5-17(6-8-21)20-11-16-9-14(3)18(19)15(4)10-16/h9-10,13,17,20H,5-8,11-12H2,1-4H3. The van der Waals surface area contributed by atoms with Crippen LogP contribution >= 0.6 is 0 Å². The summed E-state index contributed by atoms with van der Waals surface area (Å²) in [4.78, 5) is 2.56. The zero-order chi connectivity index (χ0) is 15.4. The molecule has 1 heterocycles. The third-order valence-electron chi connectivity index (χ3n) is 4.30. The predicted octanol–water partition coefficient (Wildman–Crippen LogP) is 3.65. The van der Waals surface area contributed by atoms with Gasteiger partial charge in [0.25, 0.3) is 0 Å². The van der Waals surface area contributed by atoms with Crippen molar-refractivity contribution in [3.05, 3.63) is 34.6 Å². The molecule has 1 N–H and O–H groups in total. The Morgan fingerprint density at radius 1 is 1.19 bits per heavy atom. The number of likely N-dealkylation sites (tertiary alicyclic amines) is 1. The minimum Gasteiger partial charge on any atom is -0.310 e. The fraction of sp³-hybridized carbons (Fsp3) is 0.667. The van der Waals surface area contributed by atoms with Crippen LogP contribution in [0.2, 0.25) is 0 Å². The molecule has 118 valence electrons. The van der Waals surface area contributed by atoms with Gasteiger partial charge in [-0.05, 0) is 62.4 Å². The van der Waals surface area contributed by atoms with Gasteiger partial charge in [-0.15, -0.1) is 0 Å². The van der Waals surface area contributed by atoms with Gasteiger partial charge in [-0.2, -0.15) is 0 Å². The number of nitrogens with one attached hydrogen (secondary N) is 1. The smallest absolute Gasteiger partial charge is 0.129 e. The van der Waals surface area contributed by atoms with Crippen molar-refractivity contribution in [1.29, 1.82) is 0 Å². The lowest BCUT2D eigenvalue weighted by Gasteiger charge is -2.33. The first-order valence-corrected chi connectivity index (χ1v) is 8.17. The van der Waals surface area contributed by atoms with Crippen molar-refractivity contribution in [2.75, 3.05) is 19.6 Å². The molecule has 0 spiro atoms. The molecule has 1 aliphatic heterocycles. The summed E-state index contributed by atoms with van der Waals surface area (Å²) in [5.74, 6) is 0.681. The van der Waals surface area contributed by atoms with E-state index in [4.69, 9.17) is 0 Å². The lowest BCUT2D eigenvalue weighted by Crippen LogP contribution is -2.43. The van der Waals surface area contributed by atoms with Gasteiger partial charge in [0.05, 0.1) is 0 Å². The van der Waals surface area contributed by atoms with Crippen LogP contribution in [-0.2, 0) is 6.54 Å². The van der Waals surface area contributed by atoms with Gasteiger partial charge in [0.15, 0.2) is 0 Å². The van der Waals surface area contributed by atoms with Gasteiger partial charge in [-0.1, -0.05) is 26.0 Å². The van der Waals surface area contributed by atoms with Crippen molar-refractivity contribution in [2.45, 2.75) is 53.1 Å². The molecule has 0 amide bonds. The number of aryl methyl sites for hydroxylation is 2. The number of piperidine rings is 1. The fourth-order valence-corrected chi connectivity index (χ4v) is 3.24. The maximum Gasteiger partial charge on any atom is 0.129 e. The van der Waals surface area contributed by atoms with Gasteiger partial charge in [0, 0.05) is 19.1 Å². The molecule has 2 nitrogen and oxygen atoms in total. The molecular weight excluding hydrogens is 263 g/mol. The Morgan fingerprint density at radius 2 is 1.76 bits per heavy atom. The molecule has 0 saturated carbocycles. The van der Waals surface area contributed by atoms with Crippen LogP contribution < -0.4 is 5.32 Å². The van der Waals surface area contributed by atoms with Gasteiger partial charge < -0.3 is 10.2 Å². The van der Waals surface area contributed by atoms with Crippen LogP contribution in [0.3, 0.4) is 0 Å². The number of halogens is 1. The van der Waals surface area contributed by atoms with E-state index in [0.29, 0.717) is 6.04 Å². The van der Waals surface area contributed by atoms with Crippen LogP contribution in [0.4, 0.5) is 4.39 Å². The molecular formula is C18H29FN2. The summed E-state index contributed by atoms with van der Waals surface area (Å²) in [7, 11) is 0. The Bertz CT molecular complexity index is 439. The van der Waals surface area contributed by atoms with Crippen LogP contribution in [0.25, 0.3) is 0 Å². The molecule has 1 aliphatic rings. The van der Waals surface area contributed by atoms with Crippen molar-refractivity contribution in [3.8, 4) is 0 Å². The highest BCUT2D eigenvalue weighted by molar-refractivity contribution is 5.30. The van der Waals surface area contributed by atoms with Gasteiger partial charge in [-0.25, -0.2) is 4.39 Å². The lowest BCUT2D eigenvalue weighted by molar-refractivity contribution is 0.179. The Morgan fingerprint density at radius 3 is 2.29 bits per heavy atom. The minimum absolute atomic E-state index is 0.0688. The molecule has 0 radical (unpaired) electrons. The Balaban J connectivity index is 1.80.